The zero-order valence-electron chi connectivity index (χ0n) is 15.0. The summed E-state index contributed by atoms with van der Waals surface area (Å²) in [6, 6.07) is 15.4. The topological polar surface area (TPSA) is 102 Å². The molecule has 4 N–H and O–H groups in total. The van der Waals surface area contributed by atoms with E-state index in [1.807, 2.05) is 48.5 Å². The Balaban J connectivity index is 1.99. The van der Waals surface area contributed by atoms with Crippen molar-refractivity contribution in [3.05, 3.63) is 48.5 Å². The zero-order valence-corrected chi connectivity index (χ0v) is 15.8. The first-order chi connectivity index (χ1) is 13.1. The summed E-state index contributed by atoms with van der Waals surface area (Å²) in [5.41, 5.74) is 5.67. The number of hydrogen-bond donors (Lipinski definition) is 3. The molecule has 0 aliphatic heterocycles. The van der Waals surface area contributed by atoms with Gasteiger partial charge < -0.3 is 14.5 Å². The van der Waals surface area contributed by atoms with Crippen LogP contribution in [0.2, 0.25) is 0 Å². The number of hydrazine groups is 1. The summed E-state index contributed by atoms with van der Waals surface area (Å²) >= 11 is 1.28. The highest BCUT2D eigenvalue weighted by molar-refractivity contribution is 7.99. The summed E-state index contributed by atoms with van der Waals surface area (Å²) in [5, 5.41) is 0.634. The van der Waals surface area contributed by atoms with Gasteiger partial charge in [-0.25, -0.2) is 10.8 Å². The smallest absolute Gasteiger partial charge is 0.244 e. The highest BCUT2D eigenvalue weighted by Gasteiger charge is 2.15. The standard InChI is InChI=1S/C19H20N4O3S/c1-25-14-7-3-12(4-8-14)17-18(13-5-9-15(26-2)10-6-13)22-19(21-17)27-11-16(24)23-20/h3-10H,11,20H2,1-2H3,(H,21,22)(H,23,24). The van der Waals surface area contributed by atoms with Crippen molar-refractivity contribution in [2.45, 2.75) is 5.16 Å². The molecule has 1 heterocycles. The molecule has 3 aromatic rings. The van der Waals surface area contributed by atoms with Crippen molar-refractivity contribution >= 4 is 17.7 Å². The molecule has 8 heteroatoms. The molecule has 0 spiro atoms. The van der Waals surface area contributed by atoms with Crippen LogP contribution in [0.5, 0.6) is 11.5 Å². The highest BCUT2D eigenvalue weighted by Crippen LogP contribution is 2.34. The Labute approximate surface area is 161 Å². The number of methoxy groups -OCH3 is 2. The Hall–Kier alpha value is -2.97. The fraction of sp³-hybridized carbons (Fsp3) is 0.158. The minimum absolute atomic E-state index is 0.175. The quantitative estimate of drug-likeness (QED) is 0.251. The first-order valence-electron chi connectivity index (χ1n) is 8.15. The molecule has 0 fully saturated rings. The number of aromatic amines is 1. The van der Waals surface area contributed by atoms with E-state index in [-0.39, 0.29) is 11.7 Å². The third-order valence-electron chi connectivity index (χ3n) is 3.93. The maximum absolute atomic E-state index is 11.4. The minimum atomic E-state index is -0.270. The molecule has 27 heavy (non-hydrogen) atoms. The number of carbonyl (C=O) groups is 1. The second-order valence-corrected chi connectivity index (χ2v) is 6.54. The van der Waals surface area contributed by atoms with E-state index in [1.54, 1.807) is 14.2 Å². The molecular weight excluding hydrogens is 364 g/mol. The third kappa shape index (κ3) is 4.42. The molecule has 0 aliphatic carbocycles. The van der Waals surface area contributed by atoms with Crippen molar-refractivity contribution in [3.8, 4) is 34.0 Å². The van der Waals surface area contributed by atoms with Gasteiger partial charge in [-0.1, -0.05) is 11.8 Å². The van der Waals surface area contributed by atoms with Gasteiger partial charge in [0.2, 0.25) is 5.91 Å². The molecule has 2 aromatic carbocycles. The number of H-pyrrole nitrogens is 1. The maximum Gasteiger partial charge on any atom is 0.244 e. The van der Waals surface area contributed by atoms with Crippen molar-refractivity contribution in [2.24, 2.45) is 5.84 Å². The molecular formula is C19H20N4O3S. The van der Waals surface area contributed by atoms with Crippen LogP contribution in [0.1, 0.15) is 0 Å². The Morgan fingerprint density at radius 2 is 1.59 bits per heavy atom. The van der Waals surface area contributed by atoms with E-state index in [9.17, 15) is 4.79 Å². The van der Waals surface area contributed by atoms with E-state index in [1.165, 1.54) is 11.8 Å². The fourth-order valence-corrected chi connectivity index (χ4v) is 3.20. The molecule has 0 saturated carbocycles. The zero-order chi connectivity index (χ0) is 19.2. The average Bonchev–Trinajstić information content (AvgIpc) is 3.16. The van der Waals surface area contributed by atoms with Gasteiger partial charge in [0, 0.05) is 11.1 Å². The summed E-state index contributed by atoms with van der Waals surface area (Å²) in [5.74, 6) is 6.59. The molecule has 1 aromatic heterocycles. The normalized spacial score (nSPS) is 10.5. The number of rotatable bonds is 7. The van der Waals surface area contributed by atoms with Gasteiger partial charge in [0.1, 0.15) is 11.5 Å². The number of nitrogens with zero attached hydrogens (tertiary/aromatic N) is 1. The number of ether oxygens (including phenoxy) is 2. The largest absolute Gasteiger partial charge is 0.497 e. The number of thioether (sulfide) groups is 1. The van der Waals surface area contributed by atoms with Crippen molar-refractivity contribution in [1.82, 2.24) is 15.4 Å². The number of aromatic nitrogens is 2. The number of nitrogens with two attached hydrogens (primary N) is 1. The number of imidazole rings is 1. The molecule has 0 atom stereocenters. The van der Waals surface area contributed by atoms with Gasteiger partial charge in [0.15, 0.2) is 5.16 Å². The lowest BCUT2D eigenvalue weighted by Gasteiger charge is -2.06. The van der Waals surface area contributed by atoms with Crippen molar-refractivity contribution < 1.29 is 14.3 Å². The summed E-state index contributed by atoms with van der Waals surface area (Å²) < 4.78 is 10.5. The first kappa shape index (κ1) is 18.8. The summed E-state index contributed by atoms with van der Waals surface area (Å²) in [7, 11) is 3.26. The minimum Gasteiger partial charge on any atom is -0.497 e. The van der Waals surface area contributed by atoms with E-state index in [2.05, 4.69) is 15.4 Å². The van der Waals surface area contributed by atoms with E-state index in [0.29, 0.717) is 5.16 Å². The molecule has 1 amide bonds. The van der Waals surface area contributed by atoms with Crippen LogP contribution in [0.25, 0.3) is 22.5 Å². The van der Waals surface area contributed by atoms with E-state index >= 15 is 0 Å². The monoisotopic (exact) mass is 384 g/mol. The molecule has 7 nitrogen and oxygen atoms in total. The van der Waals surface area contributed by atoms with Crippen LogP contribution in [-0.4, -0.2) is 35.8 Å². The van der Waals surface area contributed by atoms with Crippen LogP contribution in [0.3, 0.4) is 0 Å². The maximum atomic E-state index is 11.4. The van der Waals surface area contributed by atoms with Crippen molar-refractivity contribution in [3.63, 3.8) is 0 Å². The number of carbonyl (C=O) groups excluding carboxylic acids is 1. The summed E-state index contributed by atoms with van der Waals surface area (Å²) in [4.78, 5) is 19.4. The van der Waals surface area contributed by atoms with Crippen LogP contribution in [0, 0.1) is 0 Å². The predicted octanol–water partition coefficient (Wildman–Crippen LogP) is 2.84. The number of hydrogen-bond acceptors (Lipinski definition) is 6. The van der Waals surface area contributed by atoms with Gasteiger partial charge >= 0.3 is 0 Å². The Morgan fingerprint density at radius 3 is 2.11 bits per heavy atom. The van der Waals surface area contributed by atoms with Crippen LogP contribution >= 0.6 is 11.8 Å². The Bertz CT molecular complexity index is 843. The predicted molar refractivity (Wildman–Crippen MR) is 106 cm³/mol. The van der Waals surface area contributed by atoms with Gasteiger partial charge in [0.25, 0.3) is 0 Å². The lowest BCUT2D eigenvalue weighted by Crippen LogP contribution is -2.31. The van der Waals surface area contributed by atoms with Crippen LogP contribution in [0.4, 0.5) is 0 Å². The van der Waals surface area contributed by atoms with Crippen molar-refractivity contribution in [1.29, 1.82) is 0 Å². The molecule has 0 radical (unpaired) electrons. The lowest BCUT2D eigenvalue weighted by atomic mass is 10.0. The fourth-order valence-electron chi connectivity index (χ4n) is 2.52. The second-order valence-electron chi connectivity index (χ2n) is 5.58. The van der Waals surface area contributed by atoms with Crippen LogP contribution in [0.15, 0.2) is 53.7 Å². The molecule has 0 saturated heterocycles. The van der Waals surface area contributed by atoms with Gasteiger partial charge in [-0.3, -0.25) is 10.2 Å². The third-order valence-corrected chi connectivity index (χ3v) is 4.80. The Morgan fingerprint density at radius 1 is 1.04 bits per heavy atom. The number of benzene rings is 2. The molecule has 0 aliphatic rings. The molecule has 0 unspecified atom stereocenters. The second kappa shape index (κ2) is 8.61. The average molecular weight is 384 g/mol. The number of amides is 1. The van der Waals surface area contributed by atoms with Gasteiger partial charge in [-0.2, -0.15) is 0 Å². The number of nitrogens with one attached hydrogen (secondary N) is 2. The van der Waals surface area contributed by atoms with Crippen LogP contribution < -0.4 is 20.7 Å². The summed E-state index contributed by atoms with van der Waals surface area (Å²) in [6.45, 7) is 0. The molecule has 0 bridgehead atoms. The first-order valence-corrected chi connectivity index (χ1v) is 9.14. The van der Waals surface area contributed by atoms with E-state index < -0.39 is 0 Å². The SMILES string of the molecule is COc1ccc(-c2nc(SCC(=O)NN)[nH]c2-c2ccc(OC)cc2)cc1. The van der Waals surface area contributed by atoms with Gasteiger partial charge in [0.05, 0.1) is 31.4 Å². The van der Waals surface area contributed by atoms with Crippen molar-refractivity contribution in [2.75, 3.05) is 20.0 Å². The van der Waals surface area contributed by atoms with Gasteiger partial charge in [-0.15, -0.1) is 0 Å². The summed E-state index contributed by atoms with van der Waals surface area (Å²) in [6.07, 6.45) is 0. The highest BCUT2D eigenvalue weighted by atomic mass is 32.2. The Kier molecular flexibility index (Phi) is 6.00. The van der Waals surface area contributed by atoms with Gasteiger partial charge in [-0.05, 0) is 48.5 Å². The molecule has 140 valence electrons. The van der Waals surface area contributed by atoms with E-state index in [4.69, 9.17) is 15.3 Å². The van der Waals surface area contributed by atoms with Crippen LogP contribution in [-0.2, 0) is 4.79 Å². The molecule has 3 rings (SSSR count). The lowest BCUT2D eigenvalue weighted by molar-refractivity contribution is -0.118. The van der Waals surface area contributed by atoms with E-state index in [0.717, 1.165) is 34.0 Å².